The Morgan fingerprint density at radius 2 is 1.66 bits per heavy atom. The van der Waals surface area contributed by atoms with Crippen LogP contribution in [0.3, 0.4) is 0 Å². The summed E-state index contributed by atoms with van der Waals surface area (Å²) in [4.78, 5) is 9.41. The van der Waals surface area contributed by atoms with Crippen LogP contribution >= 0.6 is 0 Å². The molecular formula is C27H33N5. The Morgan fingerprint density at radius 1 is 0.938 bits per heavy atom. The minimum Gasteiger partial charge on any atom is -0.329 e. The summed E-state index contributed by atoms with van der Waals surface area (Å²) < 4.78 is 4.20. The van der Waals surface area contributed by atoms with Crippen molar-refractivity contribution in [1.82, 2.24) is 9.13 Å². The second kappa shape index (κ2) is 8.95. The van der Waals surface area contributed by atoms with Crippen LogP contribution in [0, 0.1) is 6.92 Å². The van der Waals surface area contributed by atoms with Crippen molar-refractivity contribution in [2.24, 2.45) is 19.1 Å². The van der Waals surface area contributed by atoms with Gasteiger partial charge in [0.2, 0.25) is 5.62 Å². The normalized spacial score (nSPS) is 15.8. The summed E-state index contributed by atoms with van der Waals surface area (Å²) in [5.41, 5.74) is 8.27. The molecular weight excluding hydrogens is 394 g/mol. The topological polar surface area (TPSA) is 28.7 Å². The Kier molecular flexibility index (Phi) is 6.08. The molecule has 0 fully saturated rings. The van der Waals surface area contributed by atoms with E-state index in [1.807, 2.05) is 37.4 Å². The summed E-state index contributed by atoms with van der Waals surface area (Å²) in [6, 6.07) is 16.7. The first kappa shape index (κ1) is 21.8. The average molecular weight is 428 g/mol. The summed E-state index contributed by atoms with van der Waals surface area (Å²) >= 11 is 0. The van der Waals surface area contributed by atoms with Gasteiger partial charge in [-0.25, -0.2) is 4.99 Å². The Bertz CT molecular complexity index is 1240. The lowest BCUT2D eigenvalue weighted by Gasteiger charge is -2.21. The number of hydrogen-bond acceptors (Lipinski definition) is 3. The molecule has 1 aromatic heterocycles. The van der Waals surface area contributed by atoms with Gasteiger partial charge in [0.05, 0.1) is 22.8 Å². The van der Waals surface area contributed by atoms with Gasteiger partial charge < -0.3 is 18.9 Å². The smallest absolute Gasteiger partial charge is 0.210 e. The number of hydrogen-bond donors (Lipinski definition) is 0. The molecule has 0 spiro atoms. The standard InChI is InChI=1S/C27H33N5/c1-20-16-17-24-25(18-20)32(6)26(31(24)5)21(2)12-10-11-15-23-19-29(3)27(30(23)4)28-22-13-8-7-9-14-22/h7-9,11,13-19H,10,12H2,1-6H3/b15-11-,26-21-,28-27?. The van der Waals surface area contributed by atoms with Crippen molar-refractivity contribution in [3.63, 3.8) is 0 Å². The first-order valence-electron chi connectivity index (χ1n) is 11.1. The molecule has 0 aliphatic carbocycles. The highest BCUT2D eigenvalue weighted by Gasteiger charge is 2.27. The van der Waals surface area contributed by atoms with Crippen LogP contribution < -0.4 is 15.4 Å². The van der Waals surface area contributed by atoms with Crippen LogP contribution in [0.15, 0.2) is 77.2 Å². The van der Waals surface area contributed by atoms with Crippen molar-refractivity contribution in [3.8, 4) is 0 Å². The average Bonchev–Trinajstić information content (AvgIpc) is 3.18. The number of rotatable bonds is 5. The lowest BCUT2D eigenvalue weighted by Crippen LogP contribution is -2.23. The molecule has 0 amide bonds. The second-order valence-corrected chi connectivity index (χ2v) is 8.63. The minimum atomic E-state index is 0.927. The number of fused-ring (bicyclic) bond motifs is 1. The largest absolute Gasteiger partial charge is 0.329 e. The van der Waals surface area contributed by atoms with Crippen LogP contribution in [0.2, 0.25) is 0 Å². The van der Waals surface area contributed by atoms with E-state index in [1.165, 1.54) is 28.3 Å². The van der Waals surface area contributed by atoms with E-state index >= 15 is 0 Å². The molecule has 2 heterocycles. The fraction of sp³-hybridized carbons (Fsp3) is 0.296. The summed E-state index contributed by atoms with van der Waals surface area (Å²) in [6.07, 6.45) is 8.60. The maximum Gasteiger partial charge on any atom is 0.210 e. The molecule has 0 saturated carbocycles. The quantitative estimate of drug-likeness (QED) is 0.537. The van der Waals surface area contributed by atoms with Crippen LogP contribution in [0.4, 0.5) is 17.1 Å². The molecule has 0 saturated heterocycles. The van der Waals surface area contributed by atoms with Crippen LogP contribution in [0.25, 0.3) is 6.08 Å². The fourth-order valence-electron chi connectivity index (χ4n) is 4.45. The van der Waals surface area contributed by atoms with E-state index in [1.54, 1.807) is 0 Å². The molecule has 3 aromatic rings. The van der Waals surface area contributed by atoms with Gasteiger partial charge in [0, 0.05) is 34.4 Å². The number of imidazole rings is 1. The molecule has 166 valence electrons. The molecule has 5 heteroatoms. The van der Waals surface area contributed by atoms with E-state index in [-0.39, 0.29) is 0 Å². The van der Waals surface area contributed by atoms with Gasteiger partial charge in [-0.1, -0.05) is 30.3 Å². The van der Waals surface area contributed by atoms with Gasteiger partial charge in [0.1, 0.15) is 5.82 Å². The van der Waals surface area contributed by atoms with Gasteiger partial charge in [-0.3, -0.25) is 0 Å². The van der Waals surface area contributed by atoms with E-state index in [4.69, 9.17) is 4.99 Å². The highest BCUT2D eigenvalue weighted by molar-refractivity contribution is 5.82. The molecule has 0 radical (unpaired) electrons. The molecule has 0 unspecified atom stereocenters. The monoisotopic (exact) mass is 427 g/mol. The van der Waals surface area contributed by atoms with Crippen LogP contribution in [0.5, 0.6) is 0 Å². The summed E-state index contributed by atoms with van der Waals surface area (Å²) in [7, 11) is 8.43. The first-order valence-corrected chi connectivity index (χ1v) is 11.1. The molecule has 0 N–H and O–H groups in total. The first-order chi connectivity index (χ1) is 15.4. The van der Waals surface area contributed by atoms with Gasteiger partial charge in [-0.15, -0.1) is 0 Å². The van der Waals surface area contributed by atoms with Gasteiger partial charge in [0.25, 0.3) is 0 Å². The molecule has 4 rings (SSSR count). The van der Waals surface area contributed by atoms with Crippen molar-refractivity contribution in [3.05, 3.63) is 89.1 Å². The van der Waals surface area contributed by atoms with Crippen molar-refractivity contribution in [1.29, 1.82) is 0 Å². The number of anilines is 2. The Hall–Kier alpha value is -3.47. The lowest BCUT2D eigenvalue weighted by atomic mass is 10.1. The third-order valence-electron chi connectivity index (χ3n) is 6.16. The van der Waals surface area contributed by atoms with E-state index in [9.17, 15) is 0 Å². The van der Waals surface area contributed by atoms with Crippen LogP contribution in [-0.2, 0) is 14.1 Å². The predicted molar refractivity (Wildman–Crippen MR) is 135 cm³/mol. The van der Waals surface area contributed by atoms with Gasteiger partial charge in [-0.2, -0.15) is 0 Å². The zero-order chi connectivity index (χ0) is 22.8. The van der Waals surface area contributed by atoms with Crippen molar-refractivity contribution in [2.75, 3.05) is 23.9 Å². The number of benzene rings is 2. The zero-order valence-electron chi connectivity index (χ0n) is 20.0. The molecule has 1 aliphatic heterocycles. The molecule has 32 heavy (non-hydrogen) atoms. The maximum atomic E-state index is 4.79. The molecule has 1 aliphatic rings. The van der Waals surface area contributed by atoms with Gasteiger partial charge in [-0.05, 0) is 68.2 Å². The summed E-state index contributed by atoms with van der Waals surface area (Å²) in [5.74, 6) is 1.29. The minimum absolute atomic E-state index is 0.927. The summed E-state index contributed by atoms with van der Waals surface area (Å²) in [6.45, 7) is 4.39. The van der Waals surface area contributed by atoms with Crippen LogP contribution in [0.1, 0.15) is 31.0 Å². The summed E-state index contributed by atoms with van der Waals surface area (Å²) in [5, 5.41) is 0. The number of para-hydroxylation sites is 1. The molecule has 2 aromatic carbocycles. The number of aromatic nitrogens is 2. The van der Waals surface area contributed by atoms with Crippen molar-refractivity contribution < 1.29 is 0 Å². The fourth-order valence-corrected chi connectivity index (χ4v) is 4.45. The highest BCUT2D eigenvalue weighted by atomic mass is 15.4. The zero-order valence-corrected chi connectivity index (χ0v) is 20.0. The van der Waals surface area contributed by atoms with E-state index in [2.05, 4.69) is 90.5 Å². The Labute approximate surface area is 191 Å². The third kappa shape index (κ3) is 4.15. The van der Waals surface area contributed by atoms with E-state index in [0.29, 0.717) is 0 Å². The van der Waals surface area contributed by atoms with E-state index in [0.717, 1.165) is 29.8 Å². The highest BCUT2D eigenvalue weighted by Crippen LogP contribution is 2.41. The Morgan fingerprint density at radius 3 is 2.41 bits per heavy atom. The molecule has 5 nitrogen and oxygen atoms in total. The van der Waals surface area contributed by atoms with Gasteiger partial charge in [0.15, 0.2) is 0 Å². The van der Waals surface area contributed by atoms with Crippen LogP contribution in [-0.4, -0.2) is 23.2 Å². The third-order valence-corrected chi connectivity index (χ3v) is 6.16. The van der Waals surface area contributed by atoms with E-state index < -0.39 is 0 Å². The molecule has 0 bridgehead atoms. The Balaban J connectivity index is 1.48. The SMILES string of the molecule is C/C(CC/C=C\c1cn(C)c(=Nc2ccccc2)n1C)=C1\N(C)c2ccc(C)cc2N1C. The molecule has 0 atom stereocenters. The van der Waals surface area contributed by atoms with Gasteiger partial charge >= 0.3 is 0 Å². The van der Waals surface area contributed by atoms with Crippen molar-refractivity contribution in [2.45, 2.75) is 26.7 Å². The number of nitrogens with zero attached hydrogens (tertiary/aromatic N) is 5. The number of aryl methyl sites for hydroxylation is 2. The predicted octanol–water partition coefficient (Wildman–Crippen LogP) is 5.52. The van der Waals surface area contributed by atoms with Crippen molar-refractivity contribution >= 4 is 23.1 Å². The lowest BCUT2D eigenvalue weighted by molar-refractivity contribution is 0.743. The second-order valence-electron chi connectivity index (χ2n) is 8.63. The maximum absolute atomic E-state index is 4.79. The number of allylic oxidation sites excluding steroid dienone is 2.